The van der Waals surface area contributed by atoms with E-state index in [1.807, 2.05) is 0 Å². The third-order valence-electron chi connectivity index (χ3n) is 4.05. The predicted molar refractivity (Wildman–Crippen MR) is 104 cm³/mol. The zero-order chi connectivity index (χ0) is 22.6. The summed E-state index contributed by atoms with van der Waals surface area (Å²) in [6, 6.07) is 12.5. The largest absolute Gasteiger partial charge is 0.573 e. The number of pyridine rings is 1. The van der Waals surface area contributed by atoms with Crippen LogP contribution >= 0.6 is 0 Å². The summed E-state index contributed by atoms with van der Waals surface area (Å²) in [7, 11) is 0. The Morgan fingerprint density at radius 2 is 1.74 bits per heavy atom. The molecule has 1 aromatic heterocycles. The maximum Gasteiger partial charge on any atom is 0.573 e. The number of rotatable bonds is 6. The van der Waals surface area contributed by atoms with Crippen molar-refractivity contribution < 1.29 is 31.8 Å². The molecule has 1 amide bonds. The van der Waals surface area contributed by atoms with Crippen LogP contribution < -0.4 is 20.5 Å². The Morgan fingerprint density at radius 1 is 1.06 bits per heavy atom. The molecule has 0 aliphatic rings. The second kappa shape index (κ2) is 8.90. The lowest BCUT2D eigenvalue weighted by Crippen LogP contribution is -2.24. The minimum atomic E-state index is -4.99. The molecule has 6 nitrogen and oxygen atoms in total. The summed E-state index contributed by atoms with van der Waals surface area (Å²) < 4.78 is 59.3. The van der Waals surface area contributed by atoms with Gasteiger partial charge in [-0.25, -0.2) is 9.37 Å². The van der Waals surface area contributed by atoms with Gasteiger partial charge in [0.25, 0.3) is 5.91 Å². The van der Waals surface area contributed by atoms with Gasteiger partial charge < -0.3 is 20.5 Å². The van der Waals surface area contributed by atoms with Crippen molar-refractivity contribution in [2.45, 2.75) is 19.8 Å². The lowest BCUT2D eigenvalue weighted by molar-refractivity contribution is -0.275. The molecule has 0 spiro atoms. The van der Waals surface area contributed by atoms with Crippen molar-refractivity contribution in [2.24, 2.45) is 0 Å². The number of nitrogen functional groups attached to an aromatic ring is 1. The molecule has 0 aliphatic carbocycles. The van der Waals surface area contributed by atoms with Crippen LogP contribution in [0.25, 0.3) is 0 Å². The lowest BCUT2D eigenvalue weighted by atomic mass is 10.2. The van der Waals surface area contributed by atoms with Crippen molar-refractivity contribution in [3.05, 3.63) is 77.2 Å². The number of nitrogens with one attached hydrogen (secondary N) is 1. The van der Waals surface area contributed by atoms with Crippen molar-refractivity contribution in [1.82, 2.24) is 10.3 Å². The van der Waals surface area contributed by atoms with Gasteiger partial charge in [-0.05, 0) is 48.9 Å². The van der Waals surface area contributed by atoms with Gasteiger partial charge in [-0.15, -0.1) is 13.2 Å². The summed E-state index contributed by atoms with van der Waals surface area (Å²) in [5, 5.41) is 2.72. The van der Waals surface area contributed by atoms with Crippen LogP contribution in [0.15, 0.2) is 54.6 Å². The molecular formula is C21H17F4N3O3. The summed E-state index contributed by atoms with van der Waals surface area (Å²) in [4.78, 5) is 16.3. The van der Waals surface area contributed by atoms with Gasteiger partial charge in [-0.2, -0.15) is 0 Å². The molecule has 1 heterocycles. The van der Waals surface area contributed by atoms with E-state index in [9.17, 15) is 22.4 Å². The Hall–Kier alpha value is -3.82. The molecule has 10 heteroatoms. The van der Waals surface area contributed by atoms with Crippen molar-refractivity contribution in [2.75, 3.05) is 5.73 Å². The van der Waals surface area contributed by atoms with E-state index >= 15 is 0 Å². The van der Waals surface area contributed by atoms with E-state index in [4.69, 9.17) is 10.5 Å². The number of ether oxygens (including phenoxy) is 2. The van der Waals surface area contributed by atoms with Crippen LogP contribution in [-0.4, -0.2) is 17.3 Å². The first-order chi connectivity index (χ1) is 14.6. The molecule has 0 saturated carbocycles. The van der Waals surface area contributed by atoms with Gasteiger partial charge in [0, 0.05) is 18.3 Å². The average Bonchev–Trinajstić information content (AvgIpc) is 2.68. The molecule has 3 rings (SSSR count). The SMILES string of the molecule is Cc1ccc(C(=O)NCc2ccc(Oc3ccc(OC(F)(F)F)c(F)c3)cc2)c(N)n1. The fourth-order valence-corrected chi connectivity index (χ4v) is 2.61. The monoisotopic (exact) mass is 435 g/mol. The number of aromatic nitrogens is 1. The van der Waals surface area contributed by atoms with Gasteiger partial charge in [0.1, 0.15) is 17.3 Å². The van der Waals surface area contributed by atoms with Gasteiger partial charge in [0.15, 0.2) is 11.6 Å². The summed E-state index contributed by atoms with van der Waals surface area (Å²) in [5.74, 6) is -2.07. The molecule has 0 fully saturated rings. The Bertz CT molecular complexity index is 1090. The Kier molecular flexibility index (Phi) is 6.28. The number of anilines is 1. The molecule has 0 radical (unpaired) electrons. The van der Waals surface area contributed by atoms with Crippen LogP contribution in [0, 0.1) is 12.7 Å². The van der Waals surface area contributed by atoms with Crippen LogP contribution in [0.4, 0.5) is 23.4 Å². The highest BCUT2D eigenvalue weighted by Gasteiger charge is 2.32. The highest BCUT2D eigenvalue weighted by Crippen LogP contribution is 2.30. The summed E-state index contributed by atoms with van der Waals surface area (Å²) in [6.07, 6.45) is -4.99. The fourth-order valence-electron chi connectivity index (χ4n) is 2.61. The quantitative estimate of drug-likeness (QED) is 0.547. The minimum absolute atomic E-state index is 0.00424. The molecular weight excluding hydrogens is 418 g/mol. The Labute approximate surface area is 174 Å². The molecule has 0 aliphatic heterocycles. The van der Waals surface area contributed by atoms with E-state index < -0.39 is 17.9 Å². The van der Waals surface area contributed by atoms with Gasteiger partial charge in [0.2, 0.25) is 0 Å². The van der Waals surface area contributed by atoms with Gasteiger partial charge in [0.05, 0.1) is 5.56 Å². The minimum Gasteiger partial charge on any atom is -0.457 e. The molecule has 0 unspecified atom stereocenters. The third-order valence-corrected chi connectivity index (χ3v) is 4.05. The maximum atomic E-state index is 13.8. The molecule has 0 atom stereocenters. The van der Waals surface area contributed by atoms with Crippen LogP contribution in [0.1, 0.15) is 21.6 Å². The number of nitrogens with two attached hydrogens (primary N) is 1. The first-order valence-corrected chi connectivity index (χ1v) is 8.94. The number of alkyl halides is 3. The highest BCUT2D eigenvalue weighted by molar-refractivity contribution is 5.98. The summed E-state index contributed by atoms with van der Waals surface area (Å²) in [6.45, 7) is 1.98. The van der Waals surface area contributed by atoms with E-state index in [0.29, 0.717) is 11.4 Å². The molecule has 162 valence electrons. The standard InChI is InChI=1S/C21H17F4N3O3/c1-12-2-8-16(19(26)28-12)20(29)27-11-13-3-5-14(6-4-13)30-15-7-9-18(17(22)10-15)31-21(23,24)25/h2-10H,11H2,1H3,(H2,26,28)(H,27,29). The molecule has 0 bridgehead atoms. The lowest BCUT2D eigenvalue weighted by Gasteiger charge is -2.11. The molecule has 31 heavy (non-hydrogen) atoms. The van der Waals surface area contributed by atoms with E-state index in [1.165, 1.54) is 0 Å². The van der Waals surface area contributed by atoms with Gasteiger partial charge in [-0.1, -0.05) is 12.1 Å². The first-order valence-electron chi connectivity index (χ1n) is 8.94. The number of carbonyl (C=O) groups excluding carboxylic acids is 1. The number of aryl methyl sites for hydroxylation is 1. The second-order valence-corrected chi connectivity index (χ2v) is 6.45. The number of hydrogen-bond acceptors (Lipinski definition) is 5. The van der Waals surface area contributed by atoms with Crippen LogP contribution in [0.3, 0.4) is 0 Å². The Balaban J connectivity index is 1.59. The number of hydrogen-bond donors (Lipinski definition) is 2. The van der Waals surface area contributed by atoms with E-state index in [0.717, 1.165) is 23.8 Å². The molecule has 3 N–H and O–H groups in total. The van der Waals surface area contributed by atoms with Crippen LogP contribution in [-0.2, 0) is 6.54 Å². The van der Waals surface area contributed by atoms with E-state index in [-0.39, 0.29) is 29.6 Å². The fraction of sp³-hybridized carbons (Fsp3) is 0.143. The average molecular weight is 435 g/mol. The molecule has 0 saturated heterocycles. The molecule has 3 aromatic rings. The van der Waals surface area contributed by atoms with E-state index in [2.05, 4.69) is 15.0 Å². The Morgan fingerprint density at radius 3 is 2.35 bits per heavy atom. The predicted octanol–water partition coefficient (Wildman–Crippen LogP) is 4.73. The molecule has 2 aromatic carbocycles. The highest BCUT2D eigenvalue weighted by atomic mass is 19.4. The van der Waals surface area contributed by atoms with Crippen molar-refractivity contribution in [3.8, 4) is 17.2 Å². The van der Waals surface area contributed by atoms with Crippen molar-refractivity contribution in [1.29, 1.82) is 0 Å². The summed E-state index contributed by atoms with van der Waals surface area (Å²) >= 11 is 0. The number of carbonyl (C=O) groups is 1. The third kappa shape index (κ3) is 6.08. The van der Waals surface area contributed by atoms with Crippen LogP contribution in [0.2, 0.25) is 0 Å². The zero-order valence-electron chi connectivity index (χ0n) is 16.2. The maximum absolute atomic E-state index is 13.8. The zero-order valence-corrected chi connectivity index (χ0v) is 16.2. The summed E-state index contributed by atoms with van der Waals surface area (Å²) in [5.41, 5.74) is 7.48. The topological polar surface area (TPSA) is 86.5 Å². The van der Waals surface area contributed by atoms with E-state index in [1.54, 1.807) is 43.3 Å². The normalized spacial score (nSPS) is 11.1. The van der Waals surface area contributed by atoms with Gasteiger partial charge in [-0.3, -0.25) is 4.79 Å². The first kappa shape index (κ1) is 21.9. The number of halogens is 4. The van der Waals surface area contributed by atoms with Crippen molar-refractivity contribution >= 4 is 11.7 Å². The smallest absolute Gasteiger partial charge is 0.457 e. The number of benzene rings is 2. The van der Waals surface area contributed by atoms with Crippen LogP contribution in [0.5, 0.6) is 17.2 Å². The van der Waals surface area contributed by atoms with Gasteiger partial charge >= 0.3 is 6.36 Å². The van der Waals surface area contributed by atoms with Crippen molar-refractivity contribution in [3.63, 3.8) is 0 Å². The number of amides is 1. The number of nitrogens with zero attached hydrogens (tertiary/aromatic N) is 1. The second-order valence-electron chi connectivity index (χ2n) is 6.45.